The molecule has 25 heavy (non-hydrogen) atoms. The van der Waals surface area contributed by atoms with Gasteiger partial charge in [-0.25, -0.2) is 0 Å². The summed E-state index contributed by atoms with van der Waals surface area (Å²) in [7, 11) is 0. The van der Waals surface area contributed by atoms with Crippen molar-refractivity contribution in [3.63, 3.8) is 0 Å². The molecule has 0 radical (unpaired) electrons. The summed E-state index contributed by atoms with van der Waals surface area (Å²) >= 11 is 0. The molecule has 0 amide bonds. The lowest BCUT2D eigenvalue weighted by Gasteiger charge is -2.30. The molecule has 0 saturated heterocycles. The van der Waals surface area contributed by atoms with Gasteiger partial charge in [0.15, 0.2) is 0 Å². The van der Waals surface area contributed by atoms with Crippen molar-refractivity contribution in [2.75, 3.05) is 0 Å². The van der Waals surface area contributed by atoms with Crippen LogP contribution in [0.4, 0.5) is 0 Å². The Hall–Kier alpha value is -1.63. The summed E-state index contributed by atoms with van der Waals surface area (Å²) in [6.07, 6.45) is 24.0. The van der Waals surface area contributed by atoms with Crippen molar-refractivity contribution >= 4 is 6.21 Å². The smallest absolute Gasteiger partial charge is 0.0524 e. The van der Waals surface area contributed by atoms with Gasteiger partial charge in [-0.15, -0.1) is 6.58 Å². The maximum atomic E-state index is 4.52. The zero-order valence-electron chi connectivity index (χ0n) is 17.3. The Morgan fingerprint density at radius 1 is 0.960 bits per heavy atom. The van der Waals surface area contributed by atoms with Crippen LogP contribution in [0.5, 0.6) is 0 Å². The predicted molar refractivity (Wildman–Crippen MR) is 114 cm³/mol. The molecule has 0 N–H and O–H groups in total. The molecule has 138 valence electrons. The van der Waals surface area contributed by atoms with Crippen LogP contribution in [0.25, 0.3) is 0 Å². The molecule has 0 saturated carbocycles. The standard InChI is InChI=1S/C24H37N/c1-9-23(7,15-12-20-25-21(2,3)4)18-19-24(8)14-11-10-13-22(5,6)16-17-24/h9-17,20H,1,18-19H2,2-8H3/b13-10-,14-11-,15-12-,17-16?,25-20?. The molecular weight excluding hydrogens is 302 g/mol. The van der Waals surface area contributed by atoms with Crippen LogP contribution in [0.3, 0.4) is 0 Å². The van der Waals surface area contributed by atoms with Crippen molar-refractivity contribution in [1.82, 2.24) is 0 Å². The van der Waals surface area contributed by atoms with Gasteiger partial charge in [-0.2, -0.15) is 0 Å². The zero-order valence-corrected chi connectivity index (χ0v) is 17.3. The van der Waals surface area contributed by atoms with Crippen LogP contribution >= 0.6 is 0 Å². The van der Waals surface area contributed by atoms with E-state index >= 15 is 0 Å². The summed E-state index contributed by atoms with van der Waals surface area (Å²) in [6, 6.07) is 0. The molecule has 1 heteroatoms. The Labute approximate surface area is 156 Å². The monoisotopic (exact) mass is 339 g/mol. The van der Waals surface area contributed by atoms with Crippen molar-refractivity contribution in [2.45, 2.75) is 66.8 Å². The Morgan fingerprint density at radius 3 is 2.20 bits per heavy atom. The van der Waals surface area contributed by atoms with Crippen LogP contribution in [0.2, 0.25) is 0 Å². The number of nitrogens with zero attached hydrogens (tertiary/aromatic N) is 1. The second-order valence-corrected chi connectivity index (χ2v) is 9.40. The van der Waals surface area contributed by atoms with Gasteiger partial charge in [0.2, 0.25) is 0 Å². The first kappa shape index (κ1) is 21.4. The second kappa shape index (κ2) is 8.17. The SMILES string of the molecule is C=CC(C)(/C=C\C=NC(C)(C)C)CCC1(C)C=CC(C)(C)/C=C\C=C/1. The Morgan fingerprint density at radius 2 is 1.60 bits per heavy atom. The number of aliphatic imine (C=N–C) groups is 1. The molecule has 1 nitrogen and oxygen atoms in total. The van der Waals surface area contributed by atoms with E-state index in [-0.39, 0.29) is 21.8 Å². The molecule has 2 unspecified atom stereocenters. The maximum Gasteiger partial charge on any atom is 0.0524 e. The lowest BCUT2D eigenvalue weighted by atomic mass is 9.74. The van der Waals surface area contributed by atoms with Gasteiger partial charge in [0.25, 0.3) is 0 Å². The Bertz CT molecular complexity index is 592. The third kappa shape index (κ3) is 8.34. The Balaban J connectivity index is 2.83. The van der Waals surface area contributed by atoms with Crippen LogP contribution in [0.1, 0.15) is 61.3 Å². The van der Waals surface area contributed by atoms with Gasteiger partial charge in [0.05, 0.1) is 5.54 Å². The first-order chi connectivity index (χ1) is 11.4. The molecule has 0 spiro atoms. The van der Waals surface area contributed by atoms with Crippen LogP contribution in [0, 0.1) is 16.2 Å². The quantitative estimate of drug-likeness (QED) is 0.361. The fraction of sp³-hybridized carbons (Fsp3) is 0.542. The summed E-state index contributed by atoms with van der Waals surface area (Å²) < 4.78 is 0. The molecule has 0 bridgehead atoms. The van der Waals surface area contributed by atoms with Gasteiger partial charge < -0.3 is 0 Å². The van der Waals surface area contributed by atoms with Crippen molar-refractivity contribution in [2.24, 2.45) is 21.2 Å². The first-order valence-electron chi connectivity index (χ1n) is 9.33. The molecule has 1 rings (SSSR count). The van der Waals surface area contributed by atoms with Crippen molar-refractivity contribution in [1.29, 1.82) is 0 Å². The fourth-order valence-electron chi connectivity index (χ4n) is 2.58. The van der Waals surface area contributed by atoms with E-state index in [0.717, 1.165) is 12.8 Å². The summed E-state index contributed by atoms with van der Waals surface area (Å²) in [5, 5.41) is 0. The topological polar surface area (TPSA) is 12.4 Å². The summed E-state index contributed by atoms with van der Waals surface area (Å²) in [4.78, 5) is 4.52. The highest BCUT2D eigenvalue weighted by Gasteiger charge is 2.25. The molecule has 1 aliphatic carbocycles. The summed E-state index contributed by atoms with van der Waals surface area (Å²) in [5.74, 6) is 0. The molecule has 0 aromatic carbocycles. The zero-order chi connectivity index (χ0) is 19.2. The van der Waals surface area contributed by atoms with Gasteiger partial charge in [-0.1, -0.05) is 76.3 Å². The van der Waals surface area contributed by atoms with Gasteiger partial charge >= 0.3 is 0 Å². The highest BCUT2D eigenvalue weighted by molar-refractivity contribution is 5.71. The van der Waals surface area contributed by atoms with E-state index in [1.54, 1.807) is 0 Å². The number of hydrogen-bond donors (Lipinski definition) is 0. The number of rotatable bonds is 6. The van der Waals surface area contributed by atoms with Gasteiger partial charge in [-0.05, 0) is 39.7 Å². The average molecular weight is 340 g/mol. The third-order valence-corrected chi connectivity index (χ3v) is 4.70. The molecular formula is C24H37N. The summed E-state index contributed by atoms with van der Waals surface area (Å²) in [6.45, 7) is 19.4. The van der Waals surface area contributed by atoms with E-state index in [9.17, 15) is 0 Å². The maximum absolute atomic E-state index is 4.52. The highest BCUT2D eigenvalue weighted by atomic mass is 14.8. The molecule has 1 aliphatic rings. The van der Waals surface area contributed by atoms with E-state index < -0.39 is 0 Å². The van der Waals surface area contributed by atoms with Crippen molar-refractivity contribution in [3.05, 3.63) is 61.3 Å². The Kier molecular flexibility index (Phi) is 6.99. The van der Waals surface area contributed by atoms with Crippen LogP contribution in [0.15, 0.2) is 66.3 Å². The fourth-order valence-corrected chi connectivity index (χ4v) is 2.58. The van der Waals surface area contributed by atoms with Gasteiger partial charge in [0, 0.05) is 22.5 Å². The van der Waals surface area contributed by atoms with Gasteiger partial charge in [0.1, 0.15) is 0 Å². The van der Waals surface area contributed by atoms with Crippen molar-refractivity contribution in [3.8, 4) is 0 Å². The highest BCUT2D eigenvalue weighted by Crippen LogP contribution is 2.37. The largest absolute Gasteiger partial charge is 0.287 e. The van der Waals surface area contributed by atoms with E-state index in [2.05, 4.69) is 115 Å². The van der Waals surface area contributed by atoms with E-state index in [1.807, 2.05) is 6.21 Å². The van der Waals surface area contributed by atoms with Crippen LogP contribution in [-0.4, -0.2) is 11.8 Å². The second-order valence-electron chi connectivity index (χ2n) is 9.40. The normalized spacial score (nSPS) is 28.4. The average Bonchev–Trinajstić information content (AvgIpc) is 2.51. The van der Waals surface area contributed by atoms with Crippen molar-refractivity contribution < 1.29 is 0 Å². The molecule has 0 heterocycles. The molecule has 2 atom stereocenters. The van der Waals surface area contributed by atoms with Gasteiger partial charge in [-0.3, -0.25) is 4.99 Å². The van der Waals surface area contributed by atoms with Crippen LogP contribution < -0.4 is 0 Å². The first-order valence-corrected chi connectivity index (χ1v) is 9.33. The number of hydrogen-bond acceptors (Lipinski definition) is 1. The lowest BCUT2D eigenvalue weighted by molar-refractivity contribution is 0.385. The molecule has 0 fully saturated rings. The number of allylic oxidation sites excluding steroid dienone is 9. The van der Waals surface area contributed by atoms with E-state index in [4.69, 9.17) is 0 Å². The minimum absolute atomic E-state index is 0.0255. The summed E-state index contributed by atoms with van der Waals surface area (Å²) in [5.41, 5.74) is 0.121. The lowest BCUT2D eigenvalue weighted by Crippen LogP contribution is -2.18. The molecule has 0 aromatic rings. The van der Waals surface area contributed by atoms with Crippen LogP contribution in [-0.2, 0) is 0 Å². The third-order valence-electron chi connectivity index (χ3n) is 4.70. The minimum atomic E-state index is -0.0306. The molecule has 0 aliphatic heterocycles. The minimum Gasteiger partial charge on any atom is -0.287 e. The van der Waals surface area contributed by atoms with E-state index in [1.165, 1.54) is 0 Å². The predicted octanol–water partition coefficient (Wildman–Crippen LogP) is 7.10. The molecule has 0 aromatic heterocycles. The van der Waals surface area contributed by atoms with E-state index in [0.29, 0.717) is 0 Å².